The summed E-state index contributed by atoms with van der Waals surface area (Å²) >= 11 is 0. The van der Waals surface area contributed by atoms with Crippen molar-refractivity contribution in [2.45, 2.75) is 32.7 Å². The second-order valence-electron chi connectivity index (χ2n) is 7.80. The minimum atomic E-state index is -0.202. The number of ether oxygens (including phenoxy) is 3. The Bertz CT molecular complexity index is 1110. The predicted octanol–water partition coefficient (Wildman–Crippen LogP) is 3.14. The van der Waals surface area contributed by atoms with Gasteiger partial charge in [-0.3, -0.25) is 4.79 Å². The minimum Gasteiger partial charge on any atom is -0.488 e. The van der Waals surface area contributed by atoms with Gasteiger partial charge in [-0.25, -0.2) is 4.98 Å². The van der Waals surface area contributed by atoms with Gasteiger partial charge in [-0.05, 0) is 24.0 Å². The summed E-state index contributed by atoms with van der Waals surface area (Å²) in [6.07, 6.45) is 4.52. The Kier molecular flexibility index (Phi) is 6.03. The first kappa shape index (κ1) is 21.0. The zero-order valence-corrected chi connectivity index (χ0v) is 18.1. The van der Waals surface area contributed by atoms with Crippen molar-refractivity contribution in [3.63, 3.8) is 0 Å². The Labute approximate surface area is 180 Å². The van der Waals surface area contributed by atoms with Crippen LogP contribution in [-0.4, -0.2) is 47.2 Å². The van der Waals surface area contributed by atoms with Crippen molar-refractivity contribution >= 4 is 0 Å². The second-order valence-corrected chi connectivity index (χ2v) is 7.80. The summed E-state index contributed by atoms with van der Waals surface area (Å²) in [6.45, 7) is 5.43. The number of hydrogen-bond donors (Lipinski definition) is 0. The number of aromatic nitrogens is 4. The maximum atomic E-state index is 12.9. The van der Waals surface area contributed by atoms with Crippen molar-refractivity contribution < 1.29 is 18.6 Å². The Morgan fingerprint density at radius 1 is 1.26 bits per heavy atom. The molecular weight excluding hydrogens is 400 g/mol. The molecule has 4 heterocycles. The van der Waals surface area contributed by atoms with Crippen molar-refractivity contribution in [3.8, 4) is 34.5 Å². The summed E-state index contributed by atoms with van der Waals surface area (Å²) < 4.78 is 23.8. The number of hydrogen-bond acceptors (Lipinski definition) is 8. The molecule has 0 fully saturated rings. The average molecular weight is 426 g/mol. The lowest BCUT2D eigenvalue weighted by atomic mass is 9.89. The highest BCUT2D eigenvalue weighted by molar-refractivity contribution is 5.67. The van der Waals surface area contributed by atoms with Gasteiger partial charge in [0.25, 0.3) is 11.8 Å². The smallest absolute Gasteiger partial charge is 0.257 e. The van der Waals surface area contributed by atoms with E-state index in [1.54, 1.807) is 26.5 Å². The Morgan fingerprint density at radius 3 is 2.77 bits per heavy atom. The molecule has 1 aliphatic heterocycles. The molecule has 0 aromatic carbocycles. The normalized spacial score (nSPS) is 14.9. The molecule has 0 radical (unpaired) electrons. The summed E-state index contributed by atoms with van der Waals surface area (Å²) in [4.78, 5) is 17.6. The first-order chi connectivity index (χ1) is 15.0. The number of nitrogens with zero attached hydrogens (tertiary/aromatic N) is 4. The summed E-state index contributed by atoms with van der Waals surface area (Å²) in [7, 11) is 3.22. The van der Waals surface area contributed by atoms with E-state index in [-0.39, 0.29) is 17.4 Å². The molecule has 1 aliphatic rings. The maximum Gasteiger partial charge on any atom is 0.257 e. The first-order valence-electron chi connectivity index (χ1n) is 10.3. The van der Waals surface area contributed by atoms with Crippen molar-refractivity contribution in [1.82, 2.24) is 19.7 Å². The van der Waals surface area contributed by atoms with Crippen LogP contribution in [-0.2, 0) is 11.2 Å². The summed E-state index contributed by atoms with van der Waals surface area (Å²) in [5.74, 6) is 1.51. The Balaban J connectivity index is 1.80. The van der Waals surface area contributed by atoms with Crippen LogP contribution in [0.4, 0.5) is 0 Å². The SMILES string of the molecule is COCCCOc1cc2c(nc1OC)-c1cc(=O)c(-c3nnco3)cn1[C@H](C(C)C)C2. The first-order valence-corrected chi connectivity index (χ1v) is 10.3. The molecule has 0 spiro atoms. The van der Waals surface area contributed by atoms with E-state index >= 15 is 0 Å². The molecule has 9 heteroatoms. The van der Waals surface area contributed by atoms with Gasteiger partial charge in [-0.2, -0.15) is 0 Å². The largest absolute Gasteiger partial charge is 0.488 e. The monoisotopic (exact) mass is 426 g/mol. The lowest BCUT2D eigenvalue weighted by Gasteiger charge is -2.33. The molecule has 1 atom stereocenters. The molecule has 0 unspecified atom stereocenters. The summed E-state index contributed by atoms with van der Waals surface area (Å²) in [5, 5.41) is 7.59. The molecule has 0 saturated carbocycles. The molecule has 31 heavy (non-hydrogen) atoms. The second kappa shape index (κ2) is 8.89. The van der Waals surface area contributed by atoms with Crippen LogP contribution < -0.4 is 14.9 Å². The molecule has 3 aromatic heterocycles. The molecule has 164 valence electrons. The van der Waals surface area contributed by atoms with Gasteiger partial charge < -0.3 is 23.2 Å². The van der Waals surface area contributed by atoms with Crippen LogP contribution in [0, 0.1) is 5.92 Å². The number of pyridine rings is 2. The van der Waals surface area contributed by atoms with E-state index < -0.39 is 0 Å². The van der Waals surface area contributed by atoms with Gasteiger partial charge in [0.05, 0.1) is 25.1 Å². The average Bonchev–Trinajstić information content (AvgIpc) is 3.29. The van der Waals surface area contributed by atoms with Crippen LogP contribution >= 0.6 is 0 Å². The number of fused-ring (bicyclic) bond motifs is 3. The van der Waals surface area contributed by atoms with Crippen molar-refractivity contribution in [3.05, 3.63) is 40.5 Å². The van der Waals surface area contributed by atoms with Crippen LogP contribution in [0.25, 0.3) is 22.8 Å². The van der Waals surface area contributed by atoms with Crippen LogP contribution in [0.1, 0.15) is 31.9 Å². The van der Waals surface area contributed by atoms with Crippen molar-refractivity contribution in [2.24, 2.45) is 5.92 Å². The zero-order valence-electron chi connectivity index (χ0n) is 18.1. The van der Waals surface area contributed by atoms with Crippen molar-refractivity contribution in [1.29, 1.82) is 0 Å². The highest BCUT2D eigenvalue weighted by atomic mass is 16.5. The molecule has 9 nitrogen and oxygen atoms in total. The fourth-order valence-corrected chi connectivity index (χ4v) is 3.87. The number of methoxy groups -OCH3 is 2. The quantitative estimate of drug-likeness (QED) is 0.506. The third kappa shape index (κ3) is 4.05. The fraction of sp³-hybridized carbons (Fsp3) is 0.455. The van der Waals surface area contributed by atoms with E-state index in [4.69, 9.17) is 23.6 Å². The molecule has 4 rings (SSSR count). The standard InChI is InChI=1S/C22H26N4O5/c1-13(2)16-8-14-9-19(30-7-5-6-28-3)22(29-4)24-20(14)17-10-18(27)15(11-26(16)17)21-25-23-12-31-21/h9-13,16H,5-8H2,1-4H3/t16-/m0/s1. The molecule has 0 N–H and O–H groups in total. The van der Waals surface area contributed by atoms with Gasteiger partial charge in [-0.1, -0.05) is 13.8 Å². The topological polar surface area (TPSA) is 102 Å². The Hall–Kier alpha value is -3.20. The van der Waals surface area contributed by atoms with Gasteiger partial charge in [0.2, 0.25) is 6.39 Å². The van der Waals surface area contributed by atoms with Crippen LogP contribution in [0.2, 0.25) is 0 Å². The van der Waals surface area contributed by atoms with Crippen LogP contribution in [0.3, 0.4) is 0 Å². The molecular formula is C22H26N4O5. The highest BCUT2D eigenvalue weighted by Gasteiger charge is 2.30. The summed E-state index contributed by atoms with van der Waals surface area (Å²) in [6, 6.07) is 3.68. The number of rotatable bonds is 8. The van der Waals surface area contributed by atoms with Gasteiger partial charge in [0.15, 0.2) is 11.2 Å². The zero-order chi connectivity index (χ0) is 22.0. The lowest BCUT2D eigenvalue weighted by Crippen LogP contribution is -2.27. The fourth-order valence-electron chi connectivity index (χ4n) is 3.87. The highest BCUT2D eigenvalue weighted by Crippen LogP contribution is 2.40. The minimum absolute atomic E-state index is 0.126. The molecule has 0 saturated heterocycles. The van der Waals surface area contributed by atoms with Crippen LogP contribution in [0.5, 0.6) is 11.6 Å². The van der Waals surface area contributed by atoms with E-state index in [1.165, 1.54) is 6.39 Å². The van der Waals surface area contributed by atoms with Crippen molar-refractivity contribution in [2.75, 3.05) is 27.4 Å². The maximum absolute atomic E-state index is 12.9. The predicted molar refractivity (Wildman–Crippen MR) is 113 cm³/mol. The van der Waals surface area contributed by atoms with E-state index in [2.05, 4.69) is 28.6 Å². The van der Waals surface area contributed by atoms with Gasteiger partial charge >= 0.3 is 0 Å². The van der Waals surface area contributed by atoms with Gasteiger partial charge in [0.1, 0.15) is 5.56 Å². The van der Waals surface area contributed by atoms with Gasteiger partial charge in [0, 0.05) is 38.4 Å². The van der Waals surface area contributed by atoms with E-state index in [9.17, 15) is 4.79 Å². The van der Waals surface area contributed by atoms with E-state index in [0.29, 0.717) is 42.0 Å². The van der Waals surface area contributed by atoms with Crippen LogP contribution in [0.15, 0.2) is 33.9 Å². The summed E-state index contributed by atoms with van der Waals surface area (Å²) in [5.41, 5.74) is 2.64. The van der Waals surface area contributed by atoms with E-state index in [1.807, 2.05) is 6.07 Å². The lowest BCUT2D eigenvalue weighted by molar-refractivity contribution is 0.170. The van der Waals surface area contributed by atoms with E-state index in [0.717, 1.165) is 24.1 Å². The molecule has 3 aromatic rings. The van der Waals surface area contributed by atoms with Gasteiger partial charge in [-0.15, -0.1) is 10.2 Å². The molecule has 0 bridgehead atoms. The molecule has 0 aliphatic carbocycles. The third-order valence-electron chi connectivity index (χ3n) is 5.45. The molecule has 0 amide bonds. The third-order valence-corrected chi connectivity index (χ3v) is 5.45. The Morgan fingerprint density at radius 2 is 2.10 bits per heavy atom.